The van der Waals surface area contributed by atoms with Crippen LogP contribution < -0.4 is 9.47 Å². The predicted octanol–water partition coefficient (Wildman–Crippen LogP) is 5.18. The Morgan fingerprint density at radius 2 is 1.65 bits per heavy atom. The highest BCUT2D eigenvalue weighted by Crippen LogP contribution is 2.25. The highest BCUT2D eigenvalue weighted by Gasteiger charge is 2.20. The van der Waals surface area contributed by atoms with Crippen LogP contribution in [0.1, 0.15) is 43.0 Å². The van der Waals surface area contributed by atoms with Crippen molar-refractivity contribution in [3.05, 3.63) is 58.7 Å². The quantitative estimate of drug-likeness (QED) is 0.459. The zero-order chi connectivity index (χ0) is 25.3. The van der Waals surface area contributed by atoms with Crippen molar-refractivity contribution in [1.29, 1.82) is 0 Å². The zero-order valence-electron chi connectivity index (χ0n) is 21.1. The highest BCUT2D eigenvalue weighted by atomic mass is 16.6. The van der Waals surface area contributed by atoms with E-state index in [-0.39, 0.29) is 12.3 Å². The number of benzene rings is 2. The fourth-order valence-corrected chi connectivity index (χ4v) is 3.81. The zero-order valence-corrected chi connectivity index (χ0v) is 21.1. The Morgan fingerprint density at radius 3 is 2.18 bits per heavy atom. The molecule has 0 saturated heterocycles. The molecule has 1 unspecified atom stereocenters. The molecule has 1 amide bonds. The van der Waals surface area contributed by atoms with Gasteiger partial charge in [0.05, 0.1) is 6.54 Å². The molecule has 2 aromatic rings. The van der Waals surface area contributed by atoms with E-state index in [2.05, 4.69) is 13.8 Å². The minimum Gasteiger partial charge on any atom is -0.492 e. The third kappa shape index (κ3) is 8.37. The number of hydrogen-bond acceptors (Lipinski definition) is 5. The first-order valence-electron chi connectivity index (χ1n) is 11.7. The van der Waals surface area contributed by atoms with Crippen molar-refractivity contribution in [2.75, 3.05) is 26.3 Å². The van der Waals surface area contributed by atoms with Crippen LogP contribution in [-0.4, -0.2) is 54.5 Å². The lowest BCUT2D eigenvalue weighted by Gasteiger charge is -2.25. The van der Waals surface area contributed by atoms with E-state index in [9.17, 15) is 14.7 Å². The summed E-state index contributed by atoms with van der Waals surface area (Å²) in [5.41, 5.74) is 3.84. The van der Waals surface area contributed by atoms with Gasteiger partial charge in [0, 0.05) is 19.6 Å². The Labute approximate surface area is 202 Å². The van der Waals surface area contributed by atoms with Gasteiger partial charge in [0.25, 0.3) is 0 Å². The smallest absolute Gasteiger partial charge is 0.415 e. The van der Waals surface area contributed by atoms with Crippen molar-refractivity contribution in [3.8, 4) is 11.5 Å². The number of aryl methyl sites for hydroxylation is 3. The third-order valence-electron chi connectivity index (χ3n) is 5.26. The lowest BCUT2D eigenvalue weighted by atomic mass is 10.1. The van der Waals surface area contributed by atoms with Gasteiger partial charge in [0.1, 0.15) is 18.1 Å². The van der Waals surface area contributed by atoms with Gasteiger partial charge in [-0.1, -0.05) is 43.7 Å². The third-order valence-corrected chi connectivity index (χ3v) is 5.26. The second-order valence-corrected chi connectivity index (χ2v) is 8.91. The van der Waals surface area contributed by atoms with E-state index in [1.807, 2.05) is 45.0 Å². The van der Waals surface area contributed by atoms with Crippen LogP contribution in [0.4, 0.5) is 4.79 Å². The molecule has 1 N–H and O–H groups in total. The molecule has 0 spiro atoms. The summed E-state index contributed by atoms with van der Waals surface area (Å²) >= 11 is 0. The first-order chi connectivity index (χ1) is 16.1. The van der Waals surface area contributed by atoms with Gasteiger partial charge in [-0.2, -0.15) is 0 Å². The van der Waals surface area contributed by atoms with Gasteiger partial charge < -0.3 is 24.2 Å². The van der Waals surface area contributed by atoms with Gasteiger partial charge in [0.15, 0.2) is 6.10 Å². The minimum atomic E-state index is -0.977. The van der Waals surface area contributed by atoms with Crippen molar-refractivity contribution in [1.82, 2.24) is 4.90 Å². The molecule has 7 nitrogen and oxygen atoms in total. The van der Waals surface area contributed by atoms with E-state index in [4.69, 9.17) is 14.2 Å². The molecule has 2 rings (SSSR count). The van der Waals surface area contributed by atoms with Crippen molar-refractivity contribution >= 4 is 12.1 Å². The summed E-state index contributed by atoms with van der Waals surface area (Å²) in [6.45, 7) is 13.4. The van der Waals surface area contributed by atoms with Crippen LogP contribution in [0.2, 0.25) is 0 Å². The molecule has 186 valence electrons. The molecule has 0 aliphatic rings. The molecule has 0 saturated carbocycles. The Hall–Kier alpha value is -3.06. The van der Waals surface area contributed by atoms with E-state index in [1.54, 1.807) is 24.0 Å². The van der Waals surface area contributed by atoms with Crippen LogP contribution >= 0.6 is 0 Å². The molecule has 0 bridgehead atoms. The van der Waals surface area contributed by atoms with Gasteiger partial charge >= 0.3 is 12.1 Å². The normalized spacial score (nSPS) is 11.9. The second kappa shape index (κ2) is 13.0. The Kier molecular flexibility index (Phi) is 10.4. The maximum Gasteiger partial charge on any atom is 0.415 e. The fourth-order valence-electron chi connectivity index (χ4n) is 3.81. The Balaban J connectivity index is 1.96. The monoisotopic (exact) mass is 471 g/mol. The molecule has 7 heteroatoms. The topological polar surface area (TPSA) is 85.3 Å². The summed E-state index contributed by atoms with van der Waals surface area (Å²) in [6.07, 6.45) is -0.971. The first kappa shape index (κ1) is 27.2. The predicted molar refractivity (Wildman–Crippen MR) is 132 cm³/mol. The molecule has 2 aromatic carbocycles. The van der Waals surface area contributed by atoms with E-state index in [0.29, 0.717) is 37.8 Å². The molecular weight excluding hydrogens is 434 g/mol. The number of rotatable bonds is 12. The van der Waals surface area contributed by atoms with Gasteiger partial charge in [0.2, 0.25) is 0 Å². The van der Waals surface area contributed by atoms with Gasteiger partial charge in [-0.25, -0.2) is 9.59 Å². The number of ether oxygens (including phenoxy) is 3. The van der Waals surface area contributed by atoms with E-state index >= 15 is 0 Å². The SMILES string of the molecule is CCOC(Cc1ccc(OCCN(CC(C)C)C(=O)Oc2c(C)cc(C)cc2C)cc1)C(=O)O. The van der Waals surface area contributed by atoms with Crippen LogP contribution in [-0.2, 0) is 16.0 Å². The van der Waals surface area contributed by atoms with E-state index < -0.39 is 18.2 Å². The van der Waals surface area contributed by atoms with Crippen molar-refractivity contribution in [2.45, 2.75) is 54.1 Å². The number of carbonyl (C=O) groups is 2. The molecule has 34 heavy (non-hydrogen) atoms. The molecule has 1 atom stereocenters. The number of carboxylic acid groups (broad SMARTS) is 1. The molecule has 0 heterocycles. The molecule has 0 aromatic heterocycles. The number of amides is 1. The first-order valence-corrected chi connectivity index (χ1v) is 11.7. The number of aliphatic carboxylic acids is 1. The number of hydrogen-bond donors (Lipinski definition) is 1. The standard InChI is InChI=1S/C27H37NO6/c1-7-32-24(26(29)30)16-22-8-10-23(11-9-22)33-13-12-28(17-18(2)3)27(31)34-25-20(5)14-19(4)15-21(25)6/h8-11,14-15,18,24H,7,12-13,16-17H2,1-6H3,(H,29,30). The number of carbonyl (C=O) groups excluding carboxylic acids is 1. The van der Waals surface area contributed by atoms with Crippen molar-refractivity contribution in [2.24, 2.45) is 5.92 Å². The minimum absolute atomic E-state index is 0.277. The van der Waals surface area contributed by atoms with Gasteiger partial charge in [-0.05, 0) is 62.4 Å². The van der Waals surface area contributed by atoms with E-state index in [0.717, 1.165) is 22.3 Å². The maximum atomic E-state index is 12.9. The molecular formula is C27H37NO6. The molecule has 0 aliphatic carbocycles. The molecule has 0 radical (unpaired) electrons. The van der Waals surface area contributed by atoms with Crippen LogP contribution in [0.15, 0.2) is 36.4 Å². The van der Waals surface area contributed by atoms with Crippen molar-refractivity contribution in [3.63, 3.8) is 0 Å². The van der Waals surface area contributed by atoms with Crippen LogP contribution in [0.5, 0.6) is 11.5 Å². The van der Waals surface area contributed by atoms with Crippen molar-refractivity contribution < 1.29 is 28.9 Å². The van der Waals surface area contributed by atoms with Crippen LogP contribution in [0.3, 0.4) is 0 Å². The summed E-state index contributed by atoms with van der Waals surface area (Å²) in [5.74, 6) is 0.553. The Morgan fingerprint density at radius 1 is 1.03 bits per heavy atom. The summed E-state index contributed by atoms with van der Waals surface area (Å²) in [5, 5.41) is 9.24. The van der Waals surface area contributed by atoms with Gasteiger partial charge in [-0.15, -0.1) is 0 Å². The van der Waals surface area contributed by atoms with Crippen LogP contribution in [0.25, 0.3) is 0 Å². The lowest BCUT2D eigenvalue weighted by molar-refractivity contribution is -0.149. The maximum absolute atomic E-state index is 12.9. The Bertz CT molecular complexity index is 931. The van der Waals surface area contributed by atoms with Gasteiger partial charge in [-0.3, -0.25) is 0 Å². The fraction of sp³-hybridized carbons (Fsp3) is 0.481. The molecule has 0 aliphatic heterocycles. The largest absolute Gasteiger partial charge is 0.492 e. The summed E-state index contributed by atoms with van der Waals surface area (Å²) < 4.78 is 16.9. The van der Waals surface area contributed by atoms with Crippen LogP contribution in [0, 0.1) is 26.7 Å². The summed E-state index contributed by atoms with van der Waals surface area (Å²) in [7, 11) is 0. The second-order valence-electron chi connectivity index (χ2n) is 8.91. The number of nitrogens with zero attached hydrogens (tertiary/aromatic N) is 1. The average molecular weight is 472 g/mol. The highest BCUT2D eigenvalue weighted by molar-refractivity contribution is 5.73. The lowest BCUT2D eigenvalue weighted by Crippen LogP contribution is -2.39. The summed E-state index contributed by atoms with van der Waals surface area (Å²) in [4.78, 5) is 25.9. The molecule has 0 fully saturated rings. The van der Waals surface area contributed by atoms with E-state index in [1.165, 1.54) is 0 Å². The summed E-state index contributed by atoms with van der Waals surface area (Å²) in [6, 6.07) is 11.2. The average Bonchev–Trinajstić information content (AvgIpc) is 2.75. The number of carboxylic acids is 1.